The number of aliphatic hydroxyl groups is 1. The van der Waals surface area contributed by atoms with E-state index in [1.165, 1.54) is 12.0 Å². The van der Waals surface area contributed by atoms with Gasteiger partial charge < -0.3 is 19.3 Å². The van der Waals surface area contributed by atoms with Crippen molar-refractivity contribution in [1.82, 2.24) is 4.98 Å². The maximum Gasteiger partial charge on any atom is 0.350 e. The SMILES string of the molecule is COC(=O)c1sc(N2C(=O)C(=O)C(=C(O)c3ccc(OCc4cccc(C)c4)cc3)C2c2ccc(OCc3ccccc3)cc2)nc1C. The van der Waals surface area contributed by atoms with Crippen molar-refractivity contribution in [3.63, 3.8) is 0 Å². The molecule has 0 aliphatic carbocycles. The second kappa shape index (κ2) is 13.9. The molecule has 0 radical (unpaired) electrons. The second-order valence-electron chi connectivity index (χ2n) is 11.2. The van der Waals surface area contributed by atoms with Crippen LogP contribution in [0.15, 0.2) is 109 Å². The van der Waals surface area contributed by atoms with Crippen LogP contribution in [-0.4, -0.2) is 34.9 Å². The number of thiazole rings is 1. The Labute approximate surface area is 281 Å². The molecule has 1 saturated heterocycles. The molecule has 0 bridgehead atoms. The summed E-state index contributed by atoms with van der Waals surface area (Å²) in [5.74, 6) is -1.56. The number of rotatable bonds is 10. The third-order valence-electron chi connectivity index (χ3n) is 7.87. The molecule has 2 heterocycles. The van der Waals surface area contributed by atoms with Crippen molar-refractivity contribution in [1.29, 1.82) is 0 Å². The van der Waals surface area contributed by atoms with Crippen LogP contribution in [0, 0.1) is 13.8 Å². The Balaban J connectivity index is 1.34. The molecule has 1 amide bonds. The zero-order valence-electron chi connectivity index (χ0n) is 26.5. The predicted octanol–water partition coefficient (Wildman–Crippen LogP) is 7.33. The third-order valence-corrected chi connectivity index (χ3v) is 9.00. The van der Waals surface area contributed by atoms with E-state index in [1.54, 1.807) is 55.5 Å². The maximum atomic E-state index is 13.7. The minimum atomic E-state index is -1.04. The van der Waals surface area contributed by atoms with Gasteiger partial charge in [0.05, 0.1) is 24.4 Å². The fourth-order valence-electron chi connectivity index (χ4n) is 5.43. The highest BCUT2D eigenvalue weighted by molar-refractivity contribution is 7.17. The predicted molar refractivity (Wildman–Crippen MR) is 182 cm³/mol. The van der Waals surface area contributed by atoms with Crippen LogP contribution in [0.5, 0.6) is 11.5 Å². The molecular formula is C38H32N2O7S. The summed E-state index contributed by atoms with van der Waals surface area (Å²) in [7, 11) is 1.26. The standard InChI is InChI=1S/C38H32N2O7S/c1-23-8-7-11-26(20-23)22-47-30-18-14-28(15-19-30)33(41)31-32(27-12-16-29(17-13-27)46-21-25-9-5-4-6-10-25)40(36(43)34(31)42)38-39-24(2)35(48-38)37(44)45-3/h4-20,32,41H,21-22H2,1-3H3. The monoisotopic (exact) mass is 660 g/mol. The summed E-state index contributed by atoms with van der Waals surface area (Å²) in [4.78, 5) is 45.6. The van der Waals surface area contributed by atoms with Gasteiger partial charge in [0, 0.05) is 5.56 Å². The average molecular weight is 661 g/mol. The highest BCUT2D eigenvalue weighted by Gasteiger charge is 2.48. The van der Waals surface area contributed by atoms with E-state index in [4.69, 9.17) is 14.2 Å². The number of aryl methyl sites for hydroxylation is 2. The van der Waals surface area contributed by atoms with Gasteiger partial charge in [0.25, 0.3) is 5.78 Å². The summed E-state index contributed by atoms with van der Waals surface area (Å²) in [5.41, 5.74) is 4.26. The van der Waals surface area contributed by atoms with E-state index in [0.717, 1.165) is 28.0 Å². The molecule has 5 aromatic rings. The molecule has 1 unspecified atom stereocenters. The van der Waals surface area contributed by atoms with Crippen LogP contribution in [-0.2, 0) is 27.5 Å². The van der Waals surface area contributed by atoms with E-state index in [2.05, 4.69) is 4.98 Å². The lowest BCUT2D eigenvalue weighted by Gasteiger charge is -2.23. The van der Waals surface area contributed by atoms with Gasteiger partial charge >= 0.3 is 11.9 Å². The molecule has 0 spiro atoms. The molecule has 6 rings (SSSR count). The molecule has 4 aromatic carbocycles. The van der Waals surface area contributed by atoms with Crippen LogP contribution < -0.4 is 14.4 Å². The zero-order chi connectivity index (χ0) is 33.8. The molecule has 48 heavy (non-hydrogen) atoms. The largest absolute Gasteiger partial charge is 0.507 e. The lowest BCUT2D eigenvalue weighted by atomic mass is 9.95. The van der Waals surface area contributed by atoms with Crippen molar-refractivity contribution in [2.75, 3.05) is 12.0 Å². The lowest BCUT2D eigenvalue weighted by molar-refractivity contribution is -0.132. The van der Waals surface area contributed by atoms with Crippen molar-refractivity contribution in [3.05, 3.63) is 147 Å². The Hall–Kier alpha value is -5.74. The van der Waals surface area contributed by atoms with Gasteiger partial charge in [0.1, 0.15) is 35.3 Å². The summed E-state index contributed by atoms with van der Waals surface area (Å²) < 4.78 is 16.8. The molecule has 1 aromatic heterocycles. The Kier molecular flexibility index (Phi) is 9.36. The van der Waals surface area contributed by atoms with Gasteiger partial charge in [-0.2, -0.15) is 0 Å². The van der Waals surface area contributed by atoms with Crippen molar-refractivity contribution >= 4 is 39.9 Å². The Morgan fingerprint density at radius 2 is 1.46 bits per heavy atom. The average Bonchev–Trinajstić information content (AvgIpc) is 3.62. The smallest absolute Gasteiger partial charge is 0.350 e. The fourth-order valence-corrected chi connectivity index (χ4v) is 6.44. The number of hydrogen-bond acceptors (Lipinski definition) is 9. The van der Waals surface area contributed by atoms with Crippen molar-refractivity contribution < 1.29 is 33.7 Å². The Morgan fingerprint density at radius 1 is 0.833 bits per heavy atom. The van der Waals surface area contributed by atoms with Gasteiger partial charge in [0.2, 0.25) is 0 Å². The summed E-state index contributed by atoms with van der Waals surface area (Å²) >= 11 is 0.940. The van der Waals surface area contributed by atoms with E-state index in [9.17, 15) is 19.5 Å². The highest BCUT2D eigenvalue weighted by Crippen LogP contribution is 2.44. The molecule has 1 fully saturated rings. The van der Waals surface area contributed by atoms with Gasteiger partial charge in [-0.3, -0.25) is 14.5 Å². The van der Waals surface area contributed by atoms with Crippen LogP contribution in [0.4, 0.5) is 5.13 Å². The molecule has 10 heteroatoms. The summed E-state index contributed by atoms with van der Waals surface area (Å²) in [5, 5.41) is 11.7. The van der Waals surface area contributed by atoms with Crippen LogP contribution >= 0.6 is 11.3 Å². The number of carbonyl (C=O) groups excluding carboxylic acids is 3. The van der Waals surface area contributed by atoms with E-state index >= 15 is 0 Å². The minimum absolute atomic E-state index is 0.112. The molecule has 9 nitrogen and oxygen atoms in total. The van der Waals surface area contributed by atoms with Gasteiger partial charge in [-0.1, -0.05) is 83.6 Å². The van der Waals surface area contributed by atoms with Crippen molar-refractivity contribution in [2.45, 2.75) is 33.1 Å². The number of ketones is 1. The first-order valence-electron chi connectivity index (χ1n) is 15.2. The third kappa shape index (κ3) is 6.70. The number of hydrogen-bond donors (Lipinski definition) is 1. The maximum absolute atomic E-state index is 13.7. The van der Waals surface area contributed by atoms with Crippen LogP contribution in [0.1, 0.15) is 49.2 Å². The molecule has 1 atom stereocenters. The molecule has 1 aliphatic heterocycles. The van der Waals surface area contributed by atoms with Gasteiger partial charge in [-0.05, 0) is 66.9 Å². The Bertz CT molecular complexity index is 2000. The lowest BCUT2D eigenvalue weighted by Crippen LogP contribution is -2.29. The number of Topliss-reactive ketones (excluding diaryl/α,β-unsaturated/α-hetero) is 1. The minimum Gasteiger partial charge on any atom is -0.507 e. The number of benzene rings is 4. The van der Waals surface area contributed by atoms with Gasteiger partial charge in [0.15, 0.2) is 5.13 Å². The summed E-state index contributed by atoms with van der Waals surface area (Å²) in [6, 6.07) is 30.3. The first-order chi connectivity index (χ1) is 23.2. The van der Waals surface area contributed by atoms with Crippen LogP contribution in [0.25, 0.3) is 5.76 Å². The molecule has 1 aliphatic rings. The van der Waals surface area contributed by atoms with Gasteiger partial charge in [-0.25, -0.2) is 9.78 Å². The van der Waals surface area contributed by atoms with Gasteiger partial charge in [-0.15, -0.1) is 0 Å². The normalized spacial score (nSPS) is 15.4. The van der Waals surface area contributed by atoms with Crippen LogP contribution in [0.3, 0.4) is 0 Å². The number of aromatic nitrogens is 1. The number of anilines is 1. The zero-order valence-corrected chi connectivity index (χ0v) is 27.3. The van der Waals surface area contributed by atoms with E-state index in [0.29, 0.717) is 41.5 Å². The fraction of sp³-hybridized carbons (Fsp3) is 0.158. The Morgan fingerprint density at radius 3 is 2.10 bits per heavy atom. The molecule has 242 valence electrons. The number of amides is 1. The van der Waals surface area contributed by atoms with Crippen molar-refractivity contribution in [2.24, 2.45) is 0 Å². The topological polar surface area (TPSA) is 115 Å². The number of methoxy groups -OCH3 is 1. The van der Waals surface area contributed by atoms with E-state index in [1.807, 2.05) is 61.5 Å². The molecule has 0 saturated carbocycles. The van der Waals surface area contributed by atoms with E-state index in [-0.39, 0.29) is 21.3 Å². The molecular weight excluding hydrogens is 628 g/mol. The summed E-state index contributed by atoms with van der Waals surface area (Å²) in [6.07, 6.45) is 0. The number of esters is 1. The summed E-state index contributed by atoms with van der Waals surface area (Å²) in [6.45, 7) is 4.36. The number of nitrogens with zero attached hydrogens (tertiary/aromatic N) is 2. The van der Waals surface area contributed by atoms with Crippen LogP contribution in [0.2, 0.25) is 0 Å². The first kappa shape index (κ1) is 32.2. The quantitative estimate of drug-likeness (QED) is 0.0717. The highest BCUT2D eigenvalue weighted by atomic mass is 32.1. The first-order valence-corrected chi connectivity index (χ1v) is 16.0. The molecule has 1 N–H and O–H groups in total. The van der Waals surface area contributed by atoms with Crippen molar-refractivity contribution in [3.8, 4) is 11.5 Å². The second-order valence-corrected chi connectivity index (χ2v) is 12.2. The number of carbonyl (C=O) groups is 3. The van der Waals surface area contributed by atoms with E-state index < -0.39 is 23.7 Å². The number of ether oxygens (including phenoxy) is 3. The number of aliphatic hydroxyl groups excluding tert-OH is 1.